The van der Waals surface area contributed by atoms with Crippen LogP contribution in [0.3, 0.4) is 0 Å². The van der Waals surface area contributed by atoms with Gasteiger partial charge in [0, 0.05) is 18.6 Å². The fourth-order valence-corrected chi connectivity index (χ4v) is 15.5. The number of esters is 2. The Morgan fingerprint density at radius 2 is 1.48 bits per heavy atom. The summed E-state index contributed by atoms with van der Waals surface area (Å²) in [6, 6.07) is 0.840. The quantitative estimate of drug-likeness (QED) is 0.130. The zero-order valence-electron chi connectivity index (χ0n) is 21.1. The Bertz CT molecular complexity index is 567. The minimum Gasteiger partial charge on any atom is -0.458 e. The smallest absolute Gasteiger partial charge is 0.333 e. The molecule has 0 radical (unpaired) electrons. The van der Waals surface area contributed by atoms with E-state index in [1.807, 2.05) is 6.92 Å². The van der Waals surface area contributed by atoms with Gasteiger partial charge in [-0.1, -0.05) is 13.5 Å². The largest absolute Gasteiger partial charge is 0.458 e. The van der Waals surface area contributed by atoms with Gasteiger partial charge in [-0.2, -0.15) is 0 Å². The van der Waals surface area contributed by atoms with Crippen LogP contribution < -0.4 is 0 Å². The van der Waals surface area contributed by atoms with E-state index in [2.05, 4.69) is 52.4 Å². The normalized spacial score (nSPS) is 13.6. The summed E-state index contributed by atoms with van der Waals surface area (Å²) >= 11 is 0. The summed E-state index contributed by atoms with van der Waals surface area (Å²) in [5.74, 6) is -0.833. The third-order valence-electron chi connectivity index (χ3n) is 3.77. The predicted molar refractivity (Wildman–Crippen MR) is 131 cm³/mol. The topological polar surface area (TPSA) is 80.3 Å². The van der Waals surface area contributed by atoms with Crippen LogP contribution in [0.1, 0.15) is 33.1 Å². The van der Waals surface area contributed by atoms with E-state index in [-0.39, 0.29) is 19.2 Å². The highest BCUT2D eigenvalue weighted by molar-refractivity contribution is 6.87. The van der Waals surface area contributed by atoms with Crippen LogP contribution in [-0.2, 0) is 32.0 Å². The lowest BCUT2D eigenvalue weighted by atomic mass is 10.3. The van der Waals surface area contributed by atoms with Gasteiger partial charge in [0.15, 0.2) is 22.7 Å². The van der Waals surface area contributed by atoms with Gasteiger partial charge in [0.2, 0.25) is 0 Å². The first-order valence-electron chi connectivity index (χ1n) is 11.1. The molecule has 10 heteroatoms. The van der Waals surface area contributed by atoms with Gasteiger partial charge in [-0.05, 0) is 71.6 Å². The van der Waals surface area contributed by atoms with Crippen molar-refractivity contribution in [2.24, 2.45) is 0 Å². The summed E-state index contributed by atoms with van der Waals surface area (Å²) in [6.45, 7) is 22.9. The zero-order chi connectivity index (χ0) is 24.3. The number of carbonyl (C=O) groups is 2. The summed E-state index contributed by atoms with van der Waals surface area (Å²) in [4.78, 5) is 23.5. The molecule has 0 heterocycles. The van der Waals surface area contributed by atoms with Crippen molar-refractivity contribution in [3.05, 3.63) is 12.2 Å². The highest BCUT2D eigenvalue weighted by Gasteiger charge is 2.39. The van der Waals surface area contributed by atoms with E-state index in [9.17, 15) is 9.59 Å². The van der Waals surface area contributed by atoms with Crippen LogP contribution in [0.5, 0.6) is 0 Å². The average molecular weight is 493 g/mol. The molecule has 0 rings (SSSR count). The van der Waals surface area contributed by atoms with Crippen LogP contribution in [0.25, 0.3) is 0 Å². The first kappa shape index (κ1) is 30.2. The Morgan fingerprint density at radius 3 is 1.94 bits per heavy atom. The molecule has 1 unspecified atom stereocenters. The monoisotopic (exact) mass is 492 g/mol. The van der Waals surface area contributed by atoms with Crippen molar-refractivity contribution in [2.75, 3.05) is 19.8 Å². The van der Waals surface area contributed by atoms with Gasteiger partial charge in [-0.25, -0.2) is 4.79 Å². The molecular weight excluding hydrogens is 448 g/mol. The molecule has 0 saturated carbocycles. The number of hydrogen-bond donors (Lipinski definition) is 0. The molecule has 182 valence electrons. The van der Waals surface area contributed by atoms with E-state index < -0.39 is 37.3 Å². The maximum Gasteiger partial charge on any atom is 0.333 e. The molecule has 0 amide bonds. The van der Waals surface area contributed by atoms with Crippen molar-refractivity contribution in [1.29, 1.82) is 0 Å². The predicted octanol–water partition coefficient (Wildman–Crippen LogP) is 5.00. The van der Waals surface area contributed by atoms with Crippen molar-refractivity contribution in [3.8, 4) is 0 Å². The maximum absolute atomic E-state index is 11.9. The number of ether oxygens (including phenoxy) is 3. The molecule has 0 aromatic rings. The van der Waals surface area contributed by atoms with Gasteiger partial charge in [-0.3, -0.25) is 4.79 Å². The molecule has 0 spiro atoms. The van der Waals surface area contributed by atoms with Crippen LogP contribution in [0.15, 0.2) is 12.2 Å². The van der Waals surface area contributed by atoms with E-state index >= 15 is 0 Å². The summed E-state index contributed by atoms with van der Waals surface area (Å²) in [5.41, 5.74) is 0.300. The summed E-state index contributed by atoms with van der Waals surface area (Å²) in [6.07, 6.45) is 1.16. The number of rotatable bonds is 16. The lowest BCUT2D eigenvalue weighted by Crippen LogP contribution is -2.52. The Kier molecular flexibility index (Phi) is 13.3. The molecule has 7 nitrogen and oxygen atoms in total. The van der Waals surface area contributed by atoms with E-state index in [4.69, 9.17) is 22.4 Å². The average Bonchev–Trinajstić information content (AvgIpc) is 2.55. The van der Waals surface area contributed by atoms with Crippen LogP contribution in [-0.4, -0.2) is 63.1 Å². The molecule has 0 bridgehead atoms. The standard InChI is InChI=1S/C21H44O7Si3/c1-11-13-20(22)26-19(17-25-21(23)18(2)3)16-24-14-12-15-31(10,27-29(4,5)6)28-30(7,8)9/h19H,2,11-17H2,1,3-10H3. The van der Waals surface area contributed by atoms with Gasteiger partial charge >= 0.3 is 20.5 Å². The van der Waals surface area contributed by atoms with Crippen LogP contribution in [0.2, 0.25) is 51.9 Å². The third kappa shape index (κ3) is 16.5. The molecule has 0 saturated heterocycles. The molecule has 31 heavy (non-hydrogen) atoms. The molecule has 1 atom stereocenters. The second kappa shape index (κ2) is 13.7. The SMILES string of the molecule is C=C(C)C(=O)OCC(COCCC[Si](C)(O[Si](C)(C)C)O[Si](C)(C)C)OC(=O)CCC. The molecule has 0 aromatic carbocycles. The molecule has 0 aliphatic heterocycles. The van der Waals surface area contributed by atoms with Crippen LogP contribution >= 0.6 is 0 Å². The summed E-state index contributed by atoms with van der Waals surface area (Å²) < 4.78 is 29.3. The molecule has 0 N–H and O–H groups in total. The van der Waals surface area contributed by atoms with Gasteiger partial charge in [0.05, 0.1) is 6.61 Å². The van der Waals surface area contributed by atoms with Gasteiger partial charge < -0.3 is 22.4 Å². The van der Waals surface area contributed by atoms with Gasteiger partial charge in [0.1, 0.15) is 6.61 Å². The van der Waals surface area contributed by atoms with Crippen molar-refractivity contribution in [1.82, 2.24) is 0 Å². The highest BCUT2D eigenvalue weighted by atomic mass is 28.5. The Labute approximate surface area is 192 Å². The second-order valence-electron chi connectivity index (χ2n) is 9.98. The minimum absolute atomic E-state index is 0.0505. The Morgan fingerprint density at radius 1 is 0.935 bits per heavy atom. The Hall–Kier alpha value is -0.789. The van der Waals surface area contributed by atoms with E-state index in [1.165, 1.54) is 0 Å². The van der Waals surface area contributed by atoms with E-state index in [0.29, 0.717) is 25.0 Å². The number of hydrogen-bond acceptors (Lipinski definition) is 7. The fraction of sp³-hybridized carbons (Fsp3) is 0.810. The van der Waals surface area contributed by atoms with Crippen molar-refractivity contribution < 1.29 is 32.0 Å². The molecule has 0 aromatic heterocycles. The lowest BCUT2D eigenvalue weighted by molar-refractivity contribution is -0.161. The van der Waals surface area contributed by atoms with Crippen molar-refractivity contribution in [2.45, 2.75) is 91.1 Å². The van der Waals surface area contributed by atoms with Gasteiger partial charge in [0.25, 0.3) is 0 Å². The lowest BCUT2D eigenvalue weighted by Gasteiger charge is -2.38. The van der Waals surface area contributed by atoms with Crippen molar-refractivity contribution in [3.63, 3.8) is 0 Å². The fourth-order valence-electron chi connectivity index (χ4n) is 2.99. The molecular formula is C21H44O7Si3. The first-order chi connectivity index (χ1) is 14.1. The highest BCUT2D eigenvalue weighted by Crippen LogP contribution is 2.25. The molecule has 0 fully saturated rings. The summed E-state index contributed by atoms with van der Waals surface area (Å²) in [7, 11) is -5.76. The van der Waals surface area contributed by atoms with Crippen LogP contribution in [0, 0.1) is 0 Å². The zero-order valence-corrected chi connectivity index (χ0v) is 24.1. The number of carbonyl (C=O) groups excluding carboxylic acids is 2. The van der Waals surface area contributed by atoms with Crippen molar-refractivity contribution >= 4 is 37.1 Å². The second-order valence-corrected chi connectivity index (χ2v) is 22.8. The Balaban J connectivity index is 4.72. The van der Waals surface area contributed by atoms with E-state index in [1.54, 1.807) is 6.92 Å². The van der Waals surface area contributed by atoms with E-state index in [0.717, 1.165) is 12.5 Å². The van der Waals surface area contributed by atoms with Gasteiger partial charge in [-0.15, -0.1) is 0 Å². The van der Waals surface area contributed by atoms with Crippen LogP contribution in [0.4, 0.5) is 0 Å². The molecule has 0 aliphatic rings. The maximum atomic E-state index is 11.9. The first-order valence-corrected chi connectivity index (χ1v) is 20.4. The third-order valence-corrected chi connectivity index (χ3v) is 13.4. The minimum atomic E-state index is -2.30. The molecule has 0 aliphatic carbocycles. The summed E-state index contributed by atoms with van der Waals surface area (Å²) in [5, 5.41) is 0.